The molecule has 0 aromatic heterocycles. The van der Waals surface area contributed by atoms with Crippen molar-refractivity contribution >= 4 is 12.3 Å². The van der Waals surface area contributed by atoms with Crippen molar-refractivity contribution in [2.75, 3.05) is 34.9 Å². The van der Waals surface area contributed by atoms with Crippen molar-refractivity contribution in [2.24, 2.45) is 0 Å². The Labute approximate surface area is 157 Å². The van der Waals surface area contributed by atoms with Crippen LogP contribution in [0.5, 0.6) is 11.5 Å². The maximum atomic E-state index is 12.5. The van der Waals surface area contributed by atoms with E-state index < -0.39 is 11.9 Å². The van der Waals surface area contributed by atoms with Gasteiger partial charge in [0.2, 0.25) is 0 Å². The second-order valence-electron chi connectivity index (χ2n) is 5.58. The van der Waals surface area contributed by atoms with Crippen molar-refractivity contribution in [3.8, 4) is 11.5 Å². The van der Waals surface area contributed by atoms with Crippen LogP contribution in [0.25, 0.3) is 0 Å². The molecule has 0 saturated heterocycles. The standard InChI is InChI=1S/C20H22O7/c1-23-12-26-17-8-16(9-18(10-17)27-13-24-2)19(20(22)25-3)15-6-4-5-14(7-15)11-21/h4-11,19H,12-13H2,1-3H3. The van der Waals surface area contributed by atoms with Crippen molar-refractivity contribution in [3.63, 3.8) is 0 Å². The molecular formula is C20H22O7. The molecule has 2 rings (SSSR count). The van der Waals surface area contributed by atoms with Crippen molar-refractivity contribution in [1.29, 1.82) is 0 Å². The van der Waals surface area contributed by atoms with Gasteiger partial charge in [-0.3, -0.25) is 9.59 Å². The topological polar surface area (TPSA) is 80.3 Å². The number of hydrogen-bond acceptors (Lipinski definition) is 7. The molecule has 0 spiro atoms. The van der Waals surface area contributed by atoms with Crippen molar-refractivity contribution < 1.29 is 33.3 Å². The molecule has 2 aromatic carbocycles. The van der Waals surface area contributed by atoms with Crippen LogP contribution in [0.4, 0.5) is 0 Å². The van der Waals surface area contributed by atoms with Crippen LogP contribution in [0.2, 0.25) is 0 Å². The van der Waals surface area contributed by atoms with Crippen LogP contribution in [0.15, 0.2) is 42.5 Å². The third-order valence-corrected chi connectivity index (χ3v) is 3.74. The lowest BCUT2D eigenvalue weighted by atomic mass is 9.90. The summed E-state index contributed by atoms with van der Waals surface area (Å²) in [5, 5.41) is 0. The molecule has 27 heavy (non-hydrogen) atoms. The third-order valence-electron chi connectivity index (χ3n) is 3.74. The maximum Gasteiger partial charge on any atom is 0.317 e. The van der Waals surface area contributed by atoms with Gasteiger partial charge in [0.15, 0.2) is 13.6 Å². The summed E-state index contributed by atoms with van der Waals surface area (Å²) in [6.07, 6.45) is 0.725. The molecule has 0 amide bonds. The molecule has 0 radical (unpaired) electrons. The Kier molecular flexibility index (Phi) is 7.79. The number of methoxy groups -OCH3 is 3. The monoisotopic (exact) mass is 374 g/mol. The molecule has 0 N–H and O–H groups in total. The molecule has 0 fully saturated rings. The molecule has 144 valence electrons. The van der Waals surface area contributed by atoms with Gasteiger partial charge in [-0.25, -0.2) is 0 Å². The fraction of sp³-hybridized carbons (Fsp3) is 0.300. The zero-order valence-electron chi connectivity index (χ0n) is 15.5. The first-order valence-corrected chi connectivity index (χ1v) is 8.14. The number of aldehydes is 1. The van der Waals surface area contributed by atoms with E-state index in [-0.39, 0.29) is 13.6 Å². The number of benzene rings is 2. The van der Waals surface area contributed by atoms with Crippen molar-refractivity contribution in [1.82, 2.24) is 0 Å². The van der Waals surface area contributed by atoms with Gasteiger partial charge in [0, 0.05) is 25.8 Å². The second kappa shape index (κ2) is 10.3. The zero-order valence-corrected chi connectivity index (χ0v) is 15.5. The number of carbonyl (C=O) groups is 2. The molecular weight excluding hydrogens is 352 g/mol. The first-order valence-electron chi connectivity index (χ1n) is 8.14. The van der Waals surface area contributed by atoms with Crippen LogP contribution in [-0.4, -0.2) is 47.2 Å². The van der Waals surface area contributed by atoms with E-state index in [9.17, 15) is 9.59 Å². The number of esters is 1. The normalized spacial score (nSPS) is 11.5. The summed E-state index contributed by atoms with van der Waals surface area (Å²) < 4.78 is 25.9. The van der Waals surface area contributed by atoms with Crippen molar-refractivity contribution in [3.05, 3.63) is 59.2 Å². The van der Waals surface area contributed by atoms with Crippen LogP contribution in [0, 0.1) is 0 Å². The molecule has 1 unspecified atom stereocenters. The van der Waals surface area contributed by atoms with Crippen LogP contribution in [0.3, 0.4) is 0 Å². The third kappa shape index (κ3) is 5.54. The van der Waals surface area contributed by atoms with E-state index in [2.05, 4.69) is 0 Å². The number of rotatable bonds is 10. The Morgan fingerprint density at radius 2 is 1.56 bits per heavy atom. The Morgan fingerprint density at radius 1 is 0.926 bits per heavy atom. The predicted octanol–water partition coefficient (Wildman–Crippen LogP) is 2.77. The highest BCUT2D eigenvalue weighted by molar-refractivity contribution is 5.84. The summed E-state index contributed by atoms with van der Waals surface area (Å²) in [5.41, 5.74) is 1.67. The van der Waals surface area contributed by atoms with Gasteiger partial charge in [-0.15, -0.1) is 0 Å². The number of hydrogen-bond donors (Lipinski definition) is 0. The minimum atomic E-state index is -0.758. The lowest BCUT2D eigenvalue weighted by molar-refractivity contribution is -0.141. The van der Waals surface area contributed by atoms with Gasteiger partial charge in [0.1, 0.15) is 23.7 Å². The summed E-state index contributed by atoms with van der Waals surface area (Å²) in [5.74, 6) is -0.313. The summed E-state index contributed by atoms with van der Waals surface area (Å²) in [7, 11) is 4.33. The molecule has 0 aliphatic carbocycles. The van der Waals surface area contributed by atoms with Gasteiger partial charge >= 0.3 is 5.97 Å². The highest BCUT2D eigenvalue weighted by atomic mass is 16.7. The average Bonchev–Trinajstić information content (AvgIpc) is 2.70. The van der Waals surface area contributed by atoms with E-state index in [4.69, 9.17) is 23.7 Å². The lowest BCUT2D eigenvalue weighted by Gasteiger charge is -2.18. The van der Waals surface area contributed by atoms with E-state index in [0.29, 0.717) is 28.2 Å². The first-order chi connectivity index (χ1) is 13.1. The molecule has 0 aliphatic rings. The molecule has 7 nitrogen and oxygen atoms in total. The molecule has 2 aromatic rings. The molecule has 1 atom stereocenters. The Bertz CT molecular complexity index is 746. The number of carbonyl (C=O) groups excluding carboxylic acids is 2. The Morgan fingerprint density at radius 3 is 2.07 bits per heavy atom. The summed E-state index contributed by atoms with van der Waals surface area (Å²) in [6, 6.07) is 11.8. The predicted molar refractivity (Wildman–Crippen MR) is 97.1 cm³/mol. The molecule has 7 heteroatoms. The number of ether oxygens (including phenoxy) is 5. The van der Waals surface area contributed by atoms with Crippen LogP contribution < -0.4 is 9.47 Å². The quantitative estimate of drug-likeness (QED) is 0.359. The SMILES string of the molecule is COCOc1cc(OCOC)cc(C(C(=O)OC)c2cccc(C=O)c2)c1. The summed E-state index contributed by atoms with van der Waals surface area (Å²) >= 11 is 0. The highest BCUT2D eigenvalue weighted by Crippen LogP contribution is 2.33. The van der Waals surface area contributed by atoms with E-state index in [1.165, 1.54) is 21.3 Å². The highest BCUT2D eigenvalue weighted by Gasteiger charge is 2.25. The van der Waals surface area contributed by atoms with Gasteiger partial charge < -0.3 is 23.7 Å². The second-order valence-corrected chi connectivity index (χ2v) is 5.58. The maximum absolute atomic E-state index is 12.5. The van der Waals surface area contributed by atoms with Gasteiger partial charge in [-0.05, 0) is 29.3 Å². The van der Waals surface area contributed by atoms with Gasteiger partial charge in [0.25, 0.3) is 0 Å². The summed E-state index contributed by atoms with van der Waals surface area (Å²) in [6.45, 7) is 0.0768. The van der Waals surface area contributed by atoms with Crippen LogP contribution in [-0.2, 0) is 19.0 Å². The van der Waals surface area contributed by atoms with Gasteiger partial charge in [0.05, 0.1) is 7.11 Å². The zero-order chi connectivity index (χ0) is 19.6. The van der Waals surface area contributed by atoms with Gasteiger partial charge in [-0.1, -0.05) is 18.2 Å². The average molecular weight is 374 g/mol. The Hall–Kier alpha value is -2.90. The molecule has 0 saturated carbocycles. The first kappa shape index (κ1) is 20.4. The minimum absolute atomic E-state index is 0.0384. The lowest BCUT2D eigenvalue weighted by Crippen LogP contribution is -2.16. The van der Waals surface area contributed by atoms with E-state index in [1.807, 2.05) is 0 Å². The minimum Gasteiger partial charge on any atom is -0.468 e. The largest absolute Gasteiger partial charge is 0.468 e. The van der Waals surface area contributed by atoms with E-state index in [0.717, 1.165) is 6.29 Å². The van der Waals surface area contributed by atoms with Gasteiger partial charge in [-0.2, -0.15) is 0 Å². The molecule has 0 bridgehead atoms. The molecule has 0 aliphatic heterocycles. The fourth-order valence-corrected chi connectivity index (χ4v) is 2.58. The Balaban J connectivity index is 2.51. The van der Waals surface area contributed by atoms with E-state index >= 15 is 0 Å². The van der Waals surface area contributed by atoms with E-state index in [1.54, 1.807) is 42.5 Å². The van der Waals surface area contributed by atoms with Crippen LogP contribution >= 0.6 is 0 Å². The fourth-order valence-electron chi connectivity index (χ4n) is 2.58. The smallest absolute Gasteiger partial charge is 0.317 e. The molecule has 0 heterocycles. The van der Waals surface area contributed by atoms with Crippen molar-refractivity contribution in [2.45, 2.75) is 5.92 Å². The summed E-state index contributed by atoms with van der Waals surface area (Å²) in [4.78, 5) is 23.6. The van der Waals surface area contributed by atoms with Crippen LogP contribution in [0.1, 0.15) is 27.4 Å².